The Bertz CT molecular complexity index is 4810. The molecule has 37 heteroatoms. The van der Waals surface area contributed by atoms with Gasteiger partial charge in [-0.1, -0.05) is 5.04 Å². The van der Waals surface area contributed by atoms with Crippen LogP contribution in [0.3, 0.4) is 0 Å². The highest BCUT2D eigenvalue weighted by molar-refractivity contribution is 7.94. The number of halogens is 16. The maximum atomic E-state index is 15.8. The highest BCUT2D eigenvalue weighted by atomic mass is 32.2. The molecule has 0 aromatic heterocycles. The van der Waals surface area contributed by atoms with Gasteiger partial charge in [-0.25, -0.2) is 57.6 Å². The minimum absolute atomic E-state index is 0.0614. The number of carbonyl (C=O) groups is 1. The summed E-state index contributed by atoms with van der Waals surface area (Å²) in [4.78, 5) is 10.7. The fourth-order valence-corrected chi connectivity index (χ4v) is 10.7. The van der Waals surface area contributed by atoms with Gasteiger partial charge in [-0.3, -0.25) is 13.9 Å². The second-order valence-corrected chi connectivity index (χ2v) is 24.3. The smallest absolute Gasteiger partial charge is 0.298 e. The minimum Gasteiger partial charge on any atom is -0.497 e. The zero-order valence-electron chi connectivity index (χ0n) is 46.6. The zero-order chi connectivity index (χ0) is 70.2. The largest absolute Gasteiger partial charge is 0.497 e. The highest BCUT2D eigenvalue weighted by Gasteiger charge is 2.38. The van der Waals surface area contributed by atoms with E-state index in [0.29, 0.717) is 79.6 Å². The lowest BCUT2D eigenvalue weighted by atomic mass is 9.99. The van der Waals surface area contributed by atoms with E-state index in [1.165, 1.54) is 31.4 Å². The third-order valence-corrected chi connectivity index (χ3v) is 16.0. The van der Waals surface area contributed by atoms with Crippen molar-refractivity contribution in [3.63, 3.8) is 0 Å². The molecule has 0 aliphatic heterocycles. The summed E-state index contributed by atoms with van der Waals surface area (Å²) < 4.78 is 361. The molecule has 3 N–H and O–H groups in total. The fraction of sp³-hybridized carbons (Fsp3) is 0.0517. The number of carbonyl (C=O) groups excluding carboxylic acids is 1. The van der Waals surface area contributed by atoms with Crippen molar-refractivity contribution in [2.24, 2.45) is 0 Å². The lowest BCUT2D eigenvalue weighted by Gasteiger charge is -2.17. The van der Waals surface area contributed by atoms with Crippen LogP contribution in [0.2, 0.25) is 0 Å². The van der Waals surface area contributed by atoms with Crippen molar-refractivity contribution in [1.29, 1.82) is 0 Å². The maximum absolute atomic E-state index is 15.8. The zero-order valence-corrected chi connectivity index (χ0v) is 49.9. The van der Waals surface area contributed by atoms with Crippen molar-refractivity contribution in [3.05, 3.63) is 219 Å². The molecule has 0 bridgehead atoms. The third-order valence-electron chi connectivity index (χ3n) is 12.7. The molecule has 0 atom stereocenters. The molecule has 500 valence electrons. The summed E-state index contributed by atoms with van der Waals surface area (Å²) in [5, 5.41) is 12.3. The van der Waals surface area contributed by atoms with Crippen LogP contribution in [0, 0.1) is 100.0 Å². The van der Waals surface area contributed by atoms with Gasteiger partial charge in [0.1, 0.15) is 39.4 Å². The van der Waals surface area contributed by atoms with E-state index in [2.05, 4.69) is 9.37 Å². The Labute approximate surface area is 526 Å². The van der Waals surface area contributed by atoms with E-state index in [9.17, 15) is 52.2 Å². The molecule has 0 spiro atoms. The monoisotopic (exact) mass is 1430 g/mol. The highest BCUT2D eigenvalue weighted by Crippen LogP contribution is 2.46. The quantitative estimate of drug-likeness (QED) is 0.0130. The van der Waals surface area contributed by atoms with E-state index >= 15 is 52.7 Å². The number of hydrogen-bond acceptors (Lipinski definition) is 16. The molecule has 9 aromatic rings. The number of sulfone groups is 1. The van der Waals surface area contributed by atoms with E-state index in [1.54, 1.807) is 0 Å². The van der Waals surface area contributed by atoms with Crippen molar-refractivity contribution < 1.29 is 148 Å². The summed E-state index contributed by atoms with van der Waals surface area (Å²) >= 11 is -0.0930. The van der Waals surface area contributed by atoms with Crippen molar-refractivity contribution in [3.8, 4) is 74.0 Å². The van der Waals surface area contributed by atoms with E-state index < -0.39 is 228 Å². The van der Waals surface area contributed by atoms with Gasteiger partial charge < -0.3 is 23.7 Å². The minimum atomic E-state index is -5.12. The van der Waals surface area contributed by atoms with Crippen LogP contribution in [0.4, 0.5) is 70.2 Å². The first-order chi connectivity index (χ1) is 44.4. The molecule has 0 fully saturated rings. The molecule has 9 aromatic carbocycles. The van der Waals surface area contributed by atoms with E-state index in [1.807, 2.05) is 0 Å². The van der Waals surface area contributed by atoms with Crippen molar-refractivity contribution in [1.82, 2.24) is 0 Å². The second kappa shape index (κ2) is 27.8. The van der Waals surface area contributed by atoms with Gasteiger partial charge >= 0.3 is 0 Å². The topological polar surface area (TPSA) is 245 Å². The number of methoxy groups -OCH3 is 1. The Morgan fingerprint density at radius 3 is 1.08 bits per heavy atom. The summed E-state index contributed by atoms with van der Waals surface area (Å²) in [6.45, 7) is 0.550. The van der Waals surface area contributed by atoms with Crippen LogP contribution in [-0.2, 0) is 39.4 Å². The van der Waals surface area contributed by atoms with Gasteiger partial charge in [0.15, 0.2) is 64.0 Å². The van der Waals surface area contributed by atoms with Gasteiger partial charge in [-0.2, -0.15) is 43.2 Å². The maximum Gasteiger partial charge on any atom is 0.298 e. The van der Waals surface area contributed by atoms with Crippen LogP contribution in [0.5, 0.6) is 51.7 Å². The molecule has 0 aliphatic carbocycles. The Balaban J connectivity index is 0.00000223. The van der Waals surface area contributed by atoms with Crippen LogP contribution >= 0.6 is 12.0 Å². The lowest BCUT2D eigenvalue weighted by Crippen LogP contribution is -2.09. The predicted molar refractivity (Wildman–Crippen MR) is 294 cm³/mol. The summed E-state index contributed by atoms with van der Waals surface area (Å²) in [5.41, 5.74) is -11.3. The number of ketones is 1. The summed E-state index contributed by atoms with van der Waals surface area (Å²) in [7, 11) is -12.1. The van der Waals surface area contributed by atoms with E-state index in [0.717, 1.165) is 24.3 Å². The summed E-state index contributed by atoms with van der Waals surface area (Å²) in [5.74, 6) is -50.1. The van der Waals surface area contributed by atoms with Gasteiger partial charge in [0.05, 0.1) is 62.3 Å². The van der Waals surface area contributed by atoms with Gasteiger partial charge in [0, 0.05) is 16.7 Å². The van der Waals surface area contributed by atoms with Crippen molar-refractivity contribution in [2.75, 3.05) is 13.4 Å². The fourth-order valence-electron chi connectivity index (χ4n) is 8.30. The number of ether oxygens (including phenoxy) is 5. The van der Waals surface area contributed by atoms with Gasteiger partial charge in [-0.05, 0) is 116 Å². The average molecular weight is 1430 g/mol. The first-order valence-corrected chi connectivity index (χ1v) is 30.5. The third kappa shape index (κ3) is 14.6. The molecule has 9 rings (SSSR count). The first kappa shape index (κ1) is 71.4. The second-order valence-electron chi connectivity index (χ2n) is 18.8. The molecule has 95 heavy (non-hydrogen) atoms. The summed E-state index contributed by atoms with van der Waals surface area (Å²) in [6.07, 6.45) is 0.715. The standard InChI is InChI=1S/C57H26F16O14S3.CH4O3S/c1-21-38(58)40(60)34(41(61)39(21)59)35-42(62)48(68)55(49(69)43(35)63)83-26-9-13-28(14-10-26)89(76,77)29-15-11-27(12-16-29)84-56-50(70)44(64)36(45(65)51(56)71)37-46(66)52(72)57(53(73)47(37)67)85-30-17-3-22(19-32(30)88-87-86-75)54(74)23-4-18-31(33(20-23)90(78,79)80)82-25-7-5-24(81-2)6-8-25;1-5(2,3)4/h3-20,75H,1-2H3,(H,78,79,80);1H3,(H,2,3,4). The lowest BCUT2D eigenvalue weighted by molar-refractivity contribution is -0.432. The van der Waals surface area contributed by atoms with Crippen molar-refractivity contribution in [2.45, 2.75) is 26.5 Å². The molecule has 0 heterocycles. The SMILES string of the molecule is COc1ccc(Oc2ccc(C(=O)c3ccc(Oc4c(F)c(F)c(-c5c(F)c(F)c(Oc6ccc(S(=O)(=O)c7ccc(Oc8c(F)c(F)c(-c9c(F)c(F)c(C)c(F)c9F)c(F)c8F)cc7)cc6)c(F)c5F)c(F)c4F)c(SOOO)c3)cc2S(=O)(=O)O)cc1.CS(=O)(=O)O. The van der Waals surface area contributed by atoms with Crippen LogP contribution in [-0.4, -0.2) is 58.8 Å². The van der Waals surface area contributed by atoms with Crippen molar-refractivity contribution >= 4 is 47.9 Å². The van der Waals surface area contributed by atoms with E-state index in [-0.39, 0.29) is 17.8 Å². The van der Waals surface area contributed by atoms with Crippen LogP contribution in [0.15, 0.2) is 129 Å². The Hall–Kier alpha value is -9.47. The molecule has 0 unspecified atom stereocenters. The number of rotatable bonds is 19. The number of benzene rings is 9. The van der Waals surface area contributed by atoms with Gasteiger partial charge in [-0.15, -0.1) is 4.33 Å². The molecule has 0 saturated heterocycles. The summed E-state index contributed by atoms with van der Waals surface area (Å²) in [6, 6.07) is 16.0. The van der Waals surface area contributed by atoms with Crippen LogP contribution < -0.4 is 23.7 Å². The molecular formula is C58H30F16O17S4. The Morgan fingerprint density at radius 2 is 0.726 bits per heavy atom. The molecule has 0 radical (unpaired) electrons. The average Bonchev–Trinajstić information content (AvgIpc) is 0.753. The molecule has 0 amide bonds. The molecule has 17 nitrogen and oxygen atoms in total. The van der Waals surface area contributed by atoms with E-state index in [4.69, 9.17) is 33.5 Å². The normalized spacial score (nSPS) is 11.7. The molecule has 0 saturated carbocycles. The predicted octanol–water partition coefficient (Wildman–Crippen LogP) is 16.0. The van der Waals surface area contributed by atoms with Gasteiger partial charge in [0.2, 0.25) is 62.0 Å². The Morgan fingerprint density at radius 1 is 0.411 bits per heavy atom. The molecule has 0 aliphatic rings. The first-order valence-electron chi connectivity index (χ1n) is 25.0. The Kier molecular flexibility index (Phi) is 20.9. The van der Waals surface area contributed by atoms with Gasteiger partial charge in [0.25, 0.3) is 20.2 Å². The molecular weight excluding hydrogens is 1400 g/mol. The number of hydrogen-bond donors (Lipinski definition) is 3. The van der Waals surface area contributed by atoms with Crippen LogP contribution in [0.1, 0.15) is 21.5 Å². The van der Waals surface area contributed by atoms with Crippen LogP contribution in [0.25, 0.3) is 22.3 Å².